The first-order valence-corrected chi connectivity index (χ1v) is 10.7. The number of carbonyl (C=O) groups is 3. The molecule has 2 aromatic rings. The maximum absolute atomic E-state index is 12.7. The van der Waals surface area contributed by atoms with E-state index in [1.54, 1.807) is 12.1 Å². The molecule has 8 heteroatoms. The van der Waals surface area contributed by atoms with Crippen molar-refractivity contribution in [2.45, 2.75) is 33.7 Å². The van der Waals surface area contributed by atoms with Gasteiger partial charge in [0.15, 0.2) is 0 Å². The van der Waals surface area contributed by atoms with Crippen LogP contribution in [0.25, 0.3) is 0 Å². The van der Waals surface area contributed by atoms with Crippen LogP contribution in [0.4, 0.5) is 5.69 Å². The molecule has 3 N–H and O–H groups in total. The molecule has 0 radical (unpaired) electrons. The van der Waals surface area contributed by atoms with Crippen LogP contribution in [0.2, 0.25) is 0 Å². The van der Waals surface area contributed by atoms with Crippen LogP contribution in [-0.2, 0) is 9.59 Å². The van der Waals surface area contributed by atoms with E-state index in [4.69, 9.17) is 0 Å². The number of amides is 3. The van der Waals surface area contributed by atoms with Crippen LogP contribution in [0, 0.1) is 24.2 Å². The van der Waals surface area contributed by atoms with Gasteiger partial charge >= 0.3 is 0 Å². The van der Waals surface area contributed by atoms with E-state index in [-0.39, 0.29) is 23.8 Å². The molecule has 1 aromatic heterocycles. The van der Waals surface area contributed by atoms with Gasteiger partial charge < -0.3 is 10.6 Å². The number of benzene rings is 1. The molecule has 4 rings (SSSR count). The summed E-state index contributed by atoms with van der Waals surface area (Å²) in [6.07, 6.45) is 0. The summed E-state index contributed by atoms with van der Waals surface area (Å²) in [5.41, 5.74) is 3.74. The number of hydrogen-bond donors (Lipinski definition) is 3. The first-order valence-electron chi connectivity index (χ1n) is 9.89. The average Bonchev–Trinajstić information content (AvgIpc) is 3.11. The molecule has 2 aliphatic rings. The summed E-state index contributed by atoms with van der Waals surface area (Å²) in [6.45, 7) is 7.61. The summed E-state index contributed by atoms with van der Waals surface area (Å²) in [6, 6.07) is 11.0. The Bertz CT molecular complexity index is 1070. The number of rotatable bonds is 5. The molecule has 0 saturated heterocycles. The lowest BCUT2D eigenvalue weighted by molar-refractivity contribution is -0.127. The molecule has 30 heavy (non-hydrogen) atoms. The second-order valence-electron chi connectivity index (χ2n) is 8.25. The third-order valence-corrected chi connectivity index (χ3v) is 6.69. The molecular weight excluding hydrogens is 400 g/mol. The number of fused-ring (bicyclic) bond motifs is 1. The summed E-state index contributed by atoms with van der Waals surface area (Å²) in [5, 5.41) is 10.2. The smallest absolute Gasteiger partial charge is 0.265 e. The van der Waals surface area contributed by atoms with E-state index in [2.05, 4.69) is 21.2 Å². The van der Waals surface area contributed by atoms with Gasteiger partial charge in [-0.05, 0) is 39.0 Å². The van der Waals surface area contributed by atoms with Crippen LogP contribution < -0.4 is 16.1 Å². The van der Waals surface area contributed by atoms with Crippen molar-refractivity contribution >= 4 is 40.5 Å². The molecule has 0 unspecified atom stereocenters. The fourth-order valence-electron chi connectivity index (χ4n) is 4.22. The highest BCUT2D eigenvalue weighted by Crippen LogP contribution is 2.62. The van der Waals surface area contributed by atoms with E-state index in [9.17, 15) is 14.4 Å². The molecule has 1 aliphatic carbocycles. The number of hydrogen-bond acceptors (Lipinski definition) is 5. The third kappa shape index (κ3) is 3.31. The Morgan fingerprint density at radius 1 is 1.20 bits per heavy atom. The van der Waals surface area contributed by atoms with Crippen molar-refractivity contribution in [3.05, 3.63) is 51.7 Å². The monoisotopic (exact) mass is 424 g/mol. The zero-order valence-electron chi connectivity index (χ0n) is 17.3. The van der Waals surface area contributed by atoms with Crippen molar-refractivity contribution in [1.82, 2.24) is 10.7 Å². The van der Waals surface area contributed by atoms with E-state index in [0.717, 1.165) is 4.88 Å². The van der Waals surface area contributed by atoms with E-state index in [0.29, 0.717) is 21.8 Å². The molecule has 3 atom stereocenters. The predicted molar refractivity (Wildman–Crippen MR) is 116 cm³/mol. The summed E-state index contributed by atoms with van der Waals surface area (Å²) in [4.78, 5) is 39.5. The number of hydrazone groups is 1. The number of nitrogens with zero attached hydrogens (tertiary/aromatic N) is 1. The number of thiophene rings is 1. The highest BCUT2D eigenvalue weighted by atomic mass is 32.1. The molecule has 3 amide bonds. The van der Waals surface area contributed by atoms with Gasteiger partial charge in [0.25, 0.3) is 5.91 Å². The van der Waals surface area contributed by atoms with Gasteiger partial charge in [-0.15, -0.1) is 11.3 Å². The van der Waals surface area contributed by atoms with Crippen molar-refractivity contribution in [2.75, 3.05) is 5.32 Å². The number of aryl methyl sites for hydroxylation is 1. The number of anilines is 1. The highest BCUT2D eigenvalue weighted by molar-refractivity contribution is 7.14. The van der Waals surface area contributed by atoms with Crippen LogP contribution in [0.5, 0.6) is 0 Å². The maximum Gasteiger partial charge on any atom is 0.265 e. The van der Waals surface area contributed by atoms with Gasteiger partial charge in [-0.25, -0.2) is 5.43 Å². The van der Waals surface area contributed by atoms with Crippen molar-refractivity contribution < 1.29 is 14.4 Å². The Labute approximate surface area is 178 Å². The SMILES string of the molecule is Cc1ccc(C(=O)Nc2ccccc2C2=NNC(=O)[C@@H]3[C@@H](C(=O)NC(C)C)[C@@]23C)s1. The Balaban J connectivity index is 1.66. The lowest BCUT2D eigenvalue weighted by Crippen LogP contribution is -2.35. The van der Waals surface area contributed by atoms with Crippen LogP contribution in [0.3, 0.4) is 0 Å². The molecule has 0 spiro atoms. The second kappa shape index (κ2) is 7.36. The minimum Gasteiger partial charge on any atom is -0.354 e. The maximum atomic E-state index is 12.7. The molecule has 1 aliphatic heterocycles. The molecule has 7 nitrogen and oxygen atoms in total. The summed E-state index contributed by atoms with van der Waals surface area (Å²) >= 11 is 1.42. The normalized spacial score (nSPS) is 24.6. The fourth-order valence-corrected chi connectivity index (χ4v) is 4.98. The van der Waals surface area contributed by atoms with Crippen LogP contribution in [0.15, 0.2) is 41.5 Å². The van der Waals surface area contributed by atoms with Gasteiger partial charge in [0.2, 0.25) is 11.8 Å². The third-order valence-electron chi connectivity index (χ3n) is 5.69. The standard InChI is InChI=1S/C22H24N4O3S/c1-11(2)23-20(28)16-17-21(29)26-25-18(22(16,17)4)13-7-5-6-8-14(13)24-19(27)15-10-9-12(3)30-15/h5-11,16-17H,1-4H3,(H,23,28)(H,24,27)(H,26,29)/t16-,17-,22+/m0/s1. The Hall–Kier alpha value is -3.00. The Kier molecular flexibility index (Phi) is 4.97. The molecule has 156 valence electrons. The van der Waals surface area contributed by atoms with Gasteiger partial charge in [-0.1, -0.05) is 25.1 Å². The minimum absolute atomic E-state index is 0.0203. The van der Waals surface area contributed by atoms with Crippen molar-refractivity contribution in [2.24, 2.45) is 22.4 Å². The predicted octanol–water partition coefficient (Wildman–Crippen LogP) is 2.92. The number of carbonyl (C=O) groups excluding carboxylic acids is 3. The second-order valence-corrected chi connectivity index (χ2v) is 9.54. The van der Waals surface area contributed by atoms with Gasteiger partial charge in [0, 0.05) is 21.9 Å². The number of nitrogens with one attached hydrogen (secondary N) is 3. The van der Waals surface area contributed by atoms with Crippen LogP contribution >= 0.6 is 11.3 Å². The largest absolute Gasteiger partial charge is 0.354 e. The fraction of sp³-hybridized carbons (Fsp3) is 0.364. The van der Waals surface area contributed by atoms with Gasteiger partial charge in [0.1, 0.15) is 0 Å². The van der Waals surface area contributed by atoms with E-state index in [1.807, 2.05) is 52.0 Å². The summed E-state index contributed by atoms with van der Waals surface area (Å²) in [5.74, 6) is -1.58. The highest BCUT2D eigenvalue weighted by Gasteiger charge is 2.72. The van der Waals surface area contributed by atoms with Gasteiger partial charge in [-0.2, -0.15) is 5.10 Å². The van der Waals surface area contributed by atoms with Crippen LogP contribution in [-0.4, -0.2) is 29.5 Å². The zero-order valence-corrected chi connectivity index (χ0v) is 18.1. The van der Waals surface area contributed by atoms with E-state index >= 15 is 0 Å². The Morgan fingerprint density at radius 3 is 2.60 bits per heavy atom. The lowest BCUT2D eigenvalue weighted by atomic mass is 9.89. The molecular formula is C22H24N4O3S. The first kappa shape index (κ1) is 20.3. The van der Waals surface area contributed by atoms with Gasteiger partial charge in [0.05, 0.1) is 28.1 Å². The summed E-state index contributed by atoms with van der Waals surface area (Å²) < 4.78 is 0. The quantitative estimate of drug-likeness (QED) is 0.688. The first-order chi connectivity index (χ1) is 14.2. The molecule has 1 aromatic carbocycles. The lowest BCUT2D eigenvalue weighted by Gasteiger charge is -2.22. The molecule has 0 bridgehead atoms. The van der Waals surface area contributed by atoms with Crippen molar-refractivity contribution in [3.8, 4) is 0 Å². The van der Waals surface area contributed by atoms with E-state index < -0.39 is 17.3 Å². The average molecular weight is 425 g/mol. The van der Waals surface area contributed by atoms with Crippen molar-refractivity contribution in [1.29, 1.82) is 0 Å². The molecule has 1 saturated carbocycles. The number of para-hydroxylation sites is 1. The molecule has 1 fully saturated rings. The van der Waals surface area contributed by atoms with Crippen molar-refractivity contribution in [3.63, 3.8) is 0 Å². The van der Waals surface area contributed by atoms with Gasteiger partial charge in [-0.3, -0.25) is 14.4 Å². The summed E-state index contributed by atoms with van der Waals surface area (Å²) in [7, 11) is 0. The minimum atomic E-state index is -0.721. The zero-order chi connectivity index (χ0) is 21.6. The Morgan fingerprint density at radius 2 is 1.93 bits per heavy atom. The van der Waals surface area contributed by atoms with E-state index in [1.165, 1.54) is 11.3 Å². The molecule has 2 heterocycles. The topological polar surface area (TPSA) is 99.7 Å². The van der Waals surface area contributed by atoms with Crippen LogP contribution in [0.1, 0.15) is 40.9 Å².